The van der Waals surface area contributed by atoms with E-state index < -0.39 is 17.6 Å². The van der Waals surface area contributed by atoms with Gasteiger partial charge in [-0.15, -0.1) is 0 Å². The molecule has 1 spiro atoms. The molecule has 0 radical (unpaired) electrons. The molecular formula is C23H25F4N5O2. The molecule has 2 saturated carbocycles. The van der Waals surface area contributed by atoms with Crippen molar-refractivity contribution in [1.82, 2.24) is 24.6 Å². The van der Waals surface area contributed by atoms with Gasteiger partial charge in [-0.3, -0.25) is 0 Å². The first-order valence-electron chi connectivity index (χ1n) is 11.6. The van der Waals surface area contributed by atoms with Crippen LogP contribution < -0.4 is 0 Å². The summed E-state index contributed by atoms with van der Waals surface area (Å²) in [6.45, 7) is 2.35. The molecule has 1 aromatic heterocycles. The highest BCUT2D eigenvalue weighted by atomic mass is 19.4. The van der Waals surface area contributed by atoms with E-state index in [1.807, 2.05) is 15.9 Å². The SMILES string of the molecule is O=C(N1CC(OCc2ccc(C(F)(F)F)c(F)c2)C1)N1CC2(CC(n3cnc(C4CC4)n3)C2)C1. The Morgan fingerprint density at radius 3 is 2.53 bits per heavy atom. The van der Waals surface area contributed by atoms with Crippen molar-refractivity contribution in [3.05, 3.63) is 47.3 Å². The number of aromatic nitrogens is 3. The maximum absolute atomic E-state index is 13.7. The third-order valence-electron chi connectivity index (χ3n) is 7.45. The first-order valence-corrected chi connectivity index (χ1v) is 11.6. The molecule has 3 heterocycles. The van der Waals surface area contributed by atoms with E-state index in [-0.39, 0.29) is 24.2 Å². The number of amides is 2. The molecular weight excluding hydrogens is 454 g/mol. The maximum atomic E-state index is 13.7. The summed E-state index contributed by atoms with van der Waals surface area (Å²) < 4.78 is 59.3. The summed E-state index contributed by atoms with van der Waals surface area (Å²) in [6, 6.07) is 3.15. The van der Waals surface area contributed by atoms with Crippen molar-refractivity contribution >= 4 is 6.03 Å². The molecule has 11 heteroatoms. The largest absolute Gasteiger partial charge is 0.419 e. The van der Waals surface area contributed by atoms with Gasteiger partial charge in [0.05, 0.1) is 37.4 Å². The summed E-state index contributed by atoms with van der Waals surface area (Å²) in [4.78, 5) is 20.7. The molecule has 0 N–H and O–H groups in total. The Hall–Kier alpha value is -2.69. The Balaban J connectivity index is 0.919. The molecule has 4 aliphatic rings. The molecule has 2 saturated heterocycles. The summed E-state index contributed by atoms with van der Waals surface area (Å²) in [5, 5.41) is 4.62. The zero-order chi connectivity index (χ0) is 23.7. The van der Waals surface area contributed by atoms with Gasteiger partial charge in [0, 0.05) is 24.4 Å². The Morgan fingerprint density at radius 2 is 1.88 bits per heavy atom. The highest BCUT2D eigenvalue weighted by molar-refractivity contribution is 5.76. The molecule has 7 nitrogen and oxygen atoms in total. The molecule has 0 unspecified atom stereocenters. The molecule has 2 aliphatic heterocycles. The number of hydrogen-bond acceptors (Lipinski definition) is 4. The van der Waals surface area contributed by atoms with Gasteiger partial charge in [0.25, 0.3) is 0 Å². The van der Waals surface area contributed by atoms with Crippen molar-refractivity contribution in [2.75, 3.05) is 26.2 Å². The fourth-order valence-corrected chi connectivity index (χ4v) is 5.27. The number of urea groups is 1. The maximum Gasteiger partial charge on any atom is 0.419 e. The van der Waals surface area contributed by atoms with E-state index in [1.54, 1.807) is 4.90 Å². The second kappa shape index (κ2) is 7.66. The monoisotopic (exact) mass is 479 g/mol. The molecule has 6 rings (SSSR count). The standard InChI is InChI=1S/C23H25F4N5O2/c24-19-5-14(1-4-18(19)23(25,26)27)10-34-17-8-30(9-17)21(33)31-11-22(12-31)6-16(7-22)32-13-28-20(29-32)15-2-3-15/h1,4-5,13,15-17H,2-3,6-12H2. The lowest BCUT2D eigenvalue weighted by atomic mass is 9.61. The number of halogens is 4. The van der Waals surface area contributed by atoms with Crippen LogP contribution in [0.15, 0.2) is 24.5 Å². The summed E-state index contributed by atoms with van der Waals surface area (Å²) in [6.07, 6.45) is 1.32. The number of benzene rings is 1. The number of nitrogens with zero attached hydrogens (tertiary/aromatic N) is 5. The smallest absolute Gasteiger partial charge is 0.370 e. The Kier molecular flexibility index (Phi) is 4.91. The van der Waals surface area contributed by atoms with Crippen LogP contribution in [0, 0.1) is 11.2 Å². The highest BCUT2D eigenvalue weighted by Crippen LogP contribution is 2.54. The van der Waals surface area contributed by atoms with Gasteiger partial charge in [-0.25, -0.2) is 18.9 Å². The van der Waals surface area contributed by atoms with Crippen LogP contribution >= 0.6 is 0 Å². The van der Waals surface area contributed by atoms with Crippen LogP contribution in [0.1, 0.15) is 54.6 Å². The first kappa shape index (κ1) is 21.8. The molecule has 2 aliphatic carbocycles. The number of carbonyl (C=O) groups is 1. The van der Waals surface area contributed by atoms with E-state index in [0.29, 0.717) is 30.6 Å². The normalized spacial score (nSPS) is 22.5. The molecule has 0 atom stereocenters. The predicted molar refractivity (Wildman–Crippen MR) is 111 cm³/mol. The van der Waals surface area contributed by atoms with Crippen molar-refractivity contribution in [2.45, 2.75) is 56.5 Å². The van der Waals surface area contributed by atoms with Gasteiger partial charge in [-0.2, -0.15) is 18.3 Å². The number of carbonyl (C=O) groups excluding carboxylic acids is 1. The second-order valence-electron chi connectivity index (χ2n) is 10.2. The Morgan fingerprint density at radius 1 is 1.15 bits per heavy atom. The molecule has 2 amide bonds. The first-order chi connectivity index (χ1) is 16.2. The van der Waals surface area contributed by atoms with Crippen LogP contribution in [0.4, 0.5) is 22.4 Å². The molecule has 34 heavy (non-hydrogen) atoms. The number of rotatable bonds is 5. The van der Waals surface area contributed by atoms with Crippen LogP contribution in [-0.4, -0.2) is 62.9 Å². The summed E-state index contributed by atoms with van der Waals surface area (Å²) >= 11 is 0. The number of ether oxygens (including phenoxy) is 1. The minimum Gasteiger partial charge on any atom is -0.370 e. The lowest BCUT2D eigenvalue weighted by Crippen LogP contribution is -2.68. The molecule has 182 valence electrons. The summed E-state index contributed by atoms with van der Waals surface area (Å²) in [5.74, 6) is 0.202. The van der Waals surface area contributed by atoms with Crippen molar-refractivity contribution in [2.24, 2.45) is 5.41 Å². The van der Waals surface area contributed by atoms with Gasteiger partial charge in [-0.1, -0.05) is 6.07 Å². The summed E-state index contributed by atoms with van der Waals surface area (Å²) in [7, 11) is 0. The average molecular weight is 479 g/mol. The molecule has 1 aromatic carbocycles. The van der Waals surface area contributed by atoms with E-state index in [0.717, 1.165) is 43.9 Å². The average Bonchev–Trinajstić information content (AvgIpc) is 3.41. The number of alkyl halides is 3. The fraction of sp³-hybridized carbons (Fsp3) is 0.609. The van der Waals surface area contributed by atoms with Crippen molar-refractivity contribution < 1.29 is 27.1 Å². The number of likely N-dealkylation sites (tertiary alicyclic amines) is 2. The van der Waals surface area contributed by atoms with E-state index >= 15 is 0 Å². The topological polar surface area (TPSA) is 63.5 Å². The Bertz CT molecular complexity index is 1100. The van der Waals surface area contributed by atoms with Crippen LogP contribution in [0.25, 0.3) is 0 Å². The summed E-state index contributed by atoms with van der Waals surface area (Å²) in [5.41, 5.74) is -0.762. The van der Waals surface area contributed by atoms with E-state index in [1.165, 1.54) is 18.9 Å². The van der Waals surface area contributed by atoms with Crippen LogP contribution in [0.3, 0.4) is 0 Å². The van der Waals surface area contributed by atoms with Crippen molar-refractivity contribution in [3.8, 4) is 0 Å². The van der Waals surface area contributed by atoms with Gasteiger partial charge in [0.15, 0.2) is 5.82 Å². The highest BCUT2D eigenvalue weighted by Gasteiger charge is 2.55. The minimum absolute atomic E-state index is 0.000709. The van der Waals surface area contributed by atoms with Crippen molar-refractivity contribution in [3.63, 3.8) is 0 Å². The third-order valence-corrected chi connectivity index (χ3v) is 7.45. The van der Waals surface area contributed by atoms with Gasteiger partial charge in [-0.05, 0) is 43.4 Å². The third kappa shape index (κ3) is 3.93. The lowest BCUT2D eigenvalue weighted by molar-refractivity contribution is -0.140. The fourth-order valence-electron chi connectivity index (χ4n) is 5.27. The quantitative estimate of drug-likeness (QED) is 0.609. The van der Waals surface area contributed by atoms with Gasteiger partial charge in [0.2, 0.25) is 0 Å². The lowest BCUT2D eigenvalue weighted by Gasteiger charge is -2.59. The Labute approximate surface area is 193 Å². The minimum atomic E-state index is -4.72. The zero-order valence-electron chi connectivity index (χ0n) is 18.5. The zero-order valence-corrected chi connectivity index (χ0v) is 18.5. The molecule has 2 aromatic rings. The van der Waals surface area contributed by atoms with Crippen LogP contribution in [0.5, 0.6) is 0 Å². The molecule has 0 bridgehead atoms. The molecule has 4 fully saturated rings. The van der Waals surface area contributed by atoms with E-state index in [2.05, 4.69) is 10.1 Å². The van der Waals surface area contributed by atoms with E-state index in [9.17, 15) is 22.4 Å². The predicted octanol–water partition coefficient (Wildman–Crippen LogP) is 3.97. The van der Waals surface area contributed by atoms with Gasteiger partial charge >= 0.3 is 12.2 Å². The van der Waals surface area contributed by atoms with Crippen molar-refractivity contribution in [1.29, 1.82) is 0 Å². The van der Waals surface area contributed by atoms with E-state index in [4.69, 9.17) is 4.74 Å². The van der Waals surface area contributed by atoms with Crippen LogP contribution in [-0.2, 0) is 17.5 Å². The number of hydrogen-bond donors (Lipinski definition) is 0. The van der Waals surface area contributed by atoms with Gasteiger partial charge in [0.1, 0.15) is 12.1 Å². The second-order valence-corrected chi connectivity index (χ2v) is 10.2. The van der Waals surface area contributed by atoms with Gasteiger partial charge < -0.3 is 14.5 Å². The van der Waals surface area contributed by atoms with Crippen LogP contribution in [0.2, 0.25) is 0 Å².